The molecule has 1 aromatic heterocycles. The molecular formula is C12H10ClFN2O3. The number of aromatic carboxylic acids is 1. The van der Waals surface area contributed by atoms with Gasteiger partial charge in [-0.05, 0) is 24.6 Å². The molecule has 100 valence electrons. The summed E-state index contributed by atoms with van der Waals surface area (Å²) in [4.78, 5) is 10.9. The van der Waals surface area contributed by atoms with E-state index in [2.05, 4.69) is 5.10 Å². The summed E-state index contributed by atoms with van der Waals surface area (Å²) in [6.45, 7) is 1.47. The predicted molar refractivity (Wildman–Crippen MR) is 67.0 cm³/mol. The molecule has 0 atom stereocenters. The van der Waals surface area contributed by atoms with Crippen LogP contribution in [0.1, 0.15) is 16.1 Å². The van der Waals surface area contributed by atoms with Gasteiger partial charge in [0.1, 0.15) is 11.6 Å². The van der Waals surface area contributed by atoms with E-state index >= 15 is 0 Å². The number of aromatic nitrogens is 2. The second-order valence-electron chi connectivity index (χ2n) is 4.03. The molecule has 2 N–H and O–H groups in total. The van der Waals surface area contributed by atoms with Crippen molar-refractivity contribution in [3.05, 3.63) is 34.2 Å². The molecule has 0 saturated carbocycles. The maximum atomic E-state index is 13.7. The van der Waals surface area contributed by atoms with Gasteiger partial charge in [-0.3, -0.25) is 4.68 Å². The molecule has 0 radical (unpaired) electrons. The Kier molecular flexibility index (Phi) is 3.20. The average Bonchev–Trinajstić information content (AvgIpc) is 2.70. The van der Waals surface area contributed by atoms with E-state index in [4.69, 9.17) is 16.7 Å². The van der Waals surface area contributed by atoms with E-state index in [0.29, 0.717) is 0 Å². The molecule has 2 aromatic rings. The molecule has 0 bridgehead atoms. The molecule has 19 heavy (non-hydrogen) atoms. The van der Waals surface area contributed by atoms with Gasteiger partial charge in [0.15, 0.2) is 5.69 Å². The van der Waals surface area contributed by atoms with Crippen molar-refractivity contribution in [1.82, 2.24) is 9.78 Å². The third kappa shape index (κ3) is 2.15. The van der Waals surface area contributed by atoms with E-state index in [1.54, 1.807) is 0 Å². The average molecular weight is 285 g/mol. The summed E-state index contributed by atoms with van der Waals surface area (Å²) in [5, 5.41) is 22.4. The smallest absolute Gasteiger partial charge is 0.356 e. The number of phenolic OH excluding ortho intramolecular Hbond substituents is 1. The van der Waals surface area contributed by atoms with Crippen molar-refractivity contribution in [3.8, 4) is 17.0 Å². The highest BCUT2D eigenvalue weighted by atomic mass is 35.5. The second-order valence-corrected chi connectivity index (χ2v) is 4.44. The molecule has 0 spiro atoms. The SMILES string of the molecule is Cc1c(F)cc(Cl)c(O)c1-c1cc(C(=O)O)nn1C. The van der Waals surface area contributed by atoms with Crippen molar-refractivity contribution in [3.63, 3.8) is 0 Å². The highest BCUT2D eigenvalue weighted by Gasteiger charge is 2.20. The maximum absolute atomic E-state index is 13.7. The Balaban J connectivity index is 2.75. The molecule has 0 saturated heterocycles. The van der Waals surface area contributed by atoms with Gasteiger partial charge < -0.3 is 10.2 Å². The Morgan fingerprint density at radius 1 is 1.47 bits per heavy atom. The number of benzene rings is 1. The molecular weight excluding hydrogens is 275 g/mol. The lowest BCUT2D eigenvalue weighted by Gasteiger charge is -2.11. The van der Waals surface area contributed by atoms with E-state index in [0.717, 1.165) is 6.07 Å². The fourth-order valence-electron chi connectivity index (χ4n) is 1.82. The number of carbonyl (C=O) groups is 1. The number of nitrogens with zero attached hydrogens (tertiary/aromatic N) is 2. The molecule has 0 fully saturated rings. The van der Waals surface area contributed by atoms with Crippen LogP contribution in [0.3, 0.4) is 0 Å². The molecule has 1 heterocycles. The lowest BCUT2D eigenvalue weighted by Crippen LogP contribution is -2.00. The number of halogens is 2. The lowest BCUT2D eigenvalue weighted by atomic mass is 10.0. The molecule has 2 rings (SSSR count). The highest BCUT2D eigenvalue weighted by molar-refractivity contribution is 6.32. The fourth-order valence-corrected chi connectivity index (χ4v) is 2.01. The van der Waals surface area contributed by atoms with Gasteiger partial charge in [-0.25, -0.2) is 9.18 Å². The van der Waals surface area contributed by atoms with Crippen LogP contribution in [0.2, 0.25) is 5.02 Å². The third-order valence-electron chi connectivity index (χ3n) is 2.80. The molecule has 0 aliphatic rings. The number of phenols is 1. The summed E-state index contributed by atoms with van der Waals surface area (Å²) in [5.41, 5.74) is 0.375. The minimum atomic E-state index is -1.21. The van der Waals surface area contributed by atoms with Gasteiger partial charge in [0.05, 0.1) is 10.7 Å². The minimum absolute atomic E-state index is 0.132. The summed E-state index contributed by atoms with van der Waals surface area (Å²) < 4.78 is 14.9. The first-order valence-electron chi connectivity index (χ1n) is 5.28. The molecule has 0 aliphatic carbocycles. The Labute approximate surface area is 112 Å². The Hall–Kier alpha value is -2.08. The standard InChI is InChI=1S/C12H10ClFN2O3/c1-5-7(14)3-6(13)11(17)10(5)9-4-8(12(18)19)15-16(9)2/h3-4,17H,1-2H3,(H,18,19). The van der Waals surface area contributed by atoms with Crippen LogP contribution < -0.4 is 0 Å². The van der Waals surface area contributed by atoms with Crippen LogP contribution in [-0.2, 0) is 7.05 Å². The van der Waals surface area contributed by atoms with Gasteiger partial charge in [-0.1, -0.05) is 11.6 Å². The van der Waals surface area contributed by atoms with E-state index < -0.39 is 11.8 Å². The van der Waals surface area contributed by atoms with Crippen LogP contribution in [0.15, 0.2) is 12.1 Å². The van der Waals surface area contributed by atoms with Crippen molar-refractivity contribution in [1.29, 1.82) is 0 Å². The second kappa shape index (κ2) is 4.55. The van der Waals surface area contributed by atoms with Crippen LogP contribution in [-0.4, -0.2) is 26.0 Å². The van der Waals surface area contributed by atoms with Crippen molar-refractivity contribution in [2.24, 2.45) is 7.05 Å². The van der Waals surface area contributed by atoms with E-state index in [1.807, 2.05) is 0 Å². The lowest BCUT2D eigenvalue weighted by molar-refractivity contribution is 0.0689. The van der Waals surface area contributed by atoms with Crippen molar-refractivity contribution in [2.45, 2.75) is 6.92 Å². The first-order valence-corrected chi connectivity index (χ1v) is 5.66. The molecule has 0 aliphatic heterocycles. The zero-order valence-corrected chi connectivity index (χ0v) is 10.9. The zero-order valence-electron chi connectivity index (χ0n) is 10.1. The summed E-state index contributed by atoms with van der Waals surface area (Å²) in [5.74, 6) is -2.10. The Morgan fingerprint density at radius 3 is 2.63 bits per heavy atom. The predicted octanol–water partition coefficient (Wildman–Crippen LogP) is 2.59. The largest absolute Gasteiger partial charge is 0.506 e. The normalized spacial score (nSPS) is 10.7. The zero-order chi connectivity index (χ0) is 14.3. The van der Waals surface area contributed by atoms with Crippen LogP contribution >= 0.6 is 11.6 Å². The quantitative estimate of drug-likeness (QED) is 0.889. The molecule has 0 unspecified atom stereocenters. The highest BCUT2D eigenvalue weighted by Crippen LogP contribution is 2.39. The van der Waals surface area contributed by atoms with Crippen molar-refractivity contribution in [2.75, 3.05) is 0 Å². The first-order chi connectivity index (χ1) is 8.82. The number of aromatic hydroxyl groups is 1. The molecule has 0 amide bonds. The summed E-state index contributed by atoms with van der Waals surface area (Å²) >= 11 is 5.73. The number of rotatable bonds is 2. The number of aryl methyl sites for hydroxylation is 1. The summed E-state index contributed by atoms with van der Waals surface area (Å²) in [6, 6.07) is 2.25. The Bertz CT molecular complexity index is 656. The van der Waals surface area contributed by atoms with Gasteiger partial charge in [0.25, 0.3) is 0 Å². The van der Waals surface area contributed by atoms with Gasteiger partial charge in [-0.15, -0.1) is 0 Å². The van der Waals surface area contributed by atoms with Gasteiger partial charge in [-0.2, -0.15) is 5.10 Å². The molecule has 7 heteroatoms. The summed E-state index contributed by atoms with van der Waals surface area (Å²) in [6.07, 6.45) is 0. The number of carboxylic acid groups (broad SMARTS) is 1. The van der Waals surface area contributed by atoms with E-state index in [-0.39, 0.29) is 33.3 Å². The molecule has 1 aromatic carbocycles. The maximum Gasteiger partial charge on any atom is 0.356 e. The topological polar surface area (TPSA) is 75.3 Å². The van der Waals surface area contributed by atoms with Crippen LogP contribution in [0.25, 0.3) is 11.3 Å². The minimum Gasteiger partial charge on any atom is -0.506 e. The van der Waals surface area contributed by atoms with Crippen molar-refractivity contribution >= 4 is 17.6 Å². The third-order valence-corrected chi connectivity index (χ3v) is 3.09. The van der Waals surface area contributed by atoms with Crippen molar-refractivity contribution < 1.29 is 19.4 Å². The van der Waals surface area contributed by atoms with E-state index in [1.165, 1.54) is 24.7 Å². The fraction of sp³-hybridized carbons (Fsp3) is 0.167. The monoisotopic (exact) mass is 284 g/mol. The Morgan fingerprint density at radius 2 is 2.11 bits per heavy atom. The van der Waals surface area contributed by atoms with Gasteiger partial charge in [0, 0.05) is 12.6 Å². The van der Waals surface area contributed by atoms with Crippen LogP contribution in [0, 0.1) is 12.7 Å². The molecule has 5 nitrogen and oxygen atoms in total. The van der Waals surface area contributed by atoms with Crippen LogP contribution in [0.5, 0.6) is 5.75 Å². The number of carboxylic acids is 1. The summed E-state index contributed by atoms with van der Waals surface area (Å²) in [7, 11) is 1.50. The van der Waals surface area contributed by atoms with E-state index in [9.17, 15) is 14.3 Å². The van der Waals surface area contributed by atoms with Crippen LogP contribution in [0.4, 0.5) is 4.39 Å². The number of hydrogen-bond acceptors (Lipinski definition) is 3. The van der Waals surface area contributed by atoms with Gasteiger partial charge >= 0.3 is 5.97 Å². The number of hydrogen-bond donors (Lipinski definition) is 2. The first kappa shape index (κ1) is 13.4. The van der Waals surface area contributed by atoms with Gasteiger partial charge in [0.2, 0.25) is 0 Å².